The first kappa shape index (κ1) is 15.8. The number of aromatic nitrogens is 3. The highest BCUT2D eigenvalue weighted by Crippen LogP contribution is 2.42. The van der Waals surface area contributed by atoms with E-state index < -0.39 is 12.2 Å². The van der Waals surface area contributed by atoms with E-state index in [9.17, 15) is 13.6 Å². The molecule has 27 heavy (non-hydrogen) atoms. The number of benzene rings is 1. The van der Waals surface area contributed by atoms with Crippen molar-refractivity contribution in [3.63, 3.8) is 0 Å². The Morgan fingerprint density at radius 3 is 2.81 bits per heavy atom. The Balaban J connectivity index is 1.38. The van der Waals surface area contributed by atoms with E-state index in [-0.39, 0.29) is 23.1 Å². The zero-order valence-electron chi connectivity index (χ0n) is 13.2. The summed E-state index contributed by atoms with van der Waals surface area (Å²) >= 11 is 1.27. The molecule has 1 aromatic carbocycles. The SMILES string of the molecule is O=C(Nc1nc2cc3c(cc2[nH]1)OC(F)(F)O3)c1csc(-c2ccco2)n1. The molecule has 11 heteroatoms. The van der Waals surface area contributed by atoms with Gasteiger partial charge in [0.05, 0.1) is 17.3 Å². The summed E-state index contributed by atoms with van der Waals surface area (Å²) in [4.78, 5) is 23.5. The van der Waals surface area contributed by atoms with Gasteiger partial charge in [-0.3, -0.25) is 10.1 Å². The first-order chi connectivity index (χ1) is 13.0. The van der Waals surface area contributed by atoms with Crippen molar-refractivity contribution < 1.29 is 27.5 Å². The molecular weight excluding hydrogens is 382 g/mol. The largest absolute Gasteiger partial charge is 0.586 e. The van der Waals surface area contributed by atoms with Crippen molar-refractivity contribution in [3.8, 4) is 22.3 Å². The van der Waals surface area contributed by atoms with Crippen LogP contribution in [0.1, 0.15) is 10.5 Å². The Bertz CT molecular complexity index is 1120. The van der Waals surface area contributed by atoms with Gasteiger partial charge in [-0.2, -0.15) is 0 Å². The number of aromatic amines is 1. The molecule has 136 valence electrons. The second-order valence-electron chi connectivity index (χ2n) is 5.54. The lowest BCUT2D eigenvalue weighted by molar-refractivity contribution is -0.286. The third kappa shape index (κ3) is 2.77. The molecule has 8 nitrogen and oxygen atoms in total. The molecule has 0 radical (unpaired) electrons. The molecule has 4 aromatic rings. The number of H-pyrrole nitrogens is 1. The summed E-state index contributed by atoms with van der Waals surface area (Å²) in [6, 6.07) is 6.10. The van der Waals surface area contributed by atoms with E-state index in [0.29, 0.717) is 21.8 Å². The number of ether oxygens (including phenoxy) is 2. The highest BCUT2D eigenvalue weighted by Gasteiger charge is 2.43. The monoisotopic (exact) mass is 390 g/mol. The number of alkyl halides is 2. The van der Waals surface area contributed by atoms with Crippen molar-refractivity contribution >= 4 is 34.2 Å². The number of nitrogens with zero attached hydrogens (tertiary/aromatic N) is 2. The Hall–Kier alpha value is -3.47. The maximum absolute atomic E-state index is 13.1. The summed E-state index contributed by atoms with van der Waals surface area (Å²) < 4.78 is 40.2. The Morgan fingerprint density at radius 1 is 1.22 bits per heavy atom. The number of hydrogen-bond acceptors (Lipinski definition) is 7. The number of carbonyl (C=O) groups excluding carboxylic acids is 1. The second kappa shape index (κ2) is 5.51. The predicted molar refractivity (Wildman–Crippen MR) is 90.1 cm³/mol. The van der Waals surface area contributed by atoms with E-state index in [0.717, 1.165) is 0 Å². The highest BCUT2D eigenvalue weighted by atomic mass is 32.1. The number of fused-ring (bicyclic) bond motifs is 2. The van der Waals surface area contributed by atoms with Gasteiger partial charge in [0.1, 0.15) is 5.69 Å². The van der Waals surface area contributed by atoms with E-state index in [2.05, 4.69) is 29.7 Å². The van der Waals surface area contributed by atoms with Crippen LogP contribution in [0.2, 0.25) is 0 Å². The molecule has 1 amide bonds. The van der Waals surface area contributed by atoms with Crippen LogP contribution in [-0.4, -0.2) is 27.2 Å². The normalized spacial score (nSPS) is 14.6. The van der Waals surface area contributed by atoms with Gasteiger partial charge < -0.3 is 18.9 Å². The zero-order valence-corrected chi connectivity index (χ0v) is 14.0. The number of hydrogen-bond donors (Lipinski definition) is 2. The number of amides is 1. The van der Waals surface area contributed by atoms with Gasteiger partial charge >= 0.3 is 6.29 Å². The van der Waals surface area contributed by atoms with E-state index in [1.807, 2.05) is 0 Å². The average molecular weight is 390 g/mol. The number of imidazole rings is 1. The average Bonchev–Trinajstić information content (AvgIpc) is 3.36. The third-order valence-corrected chi connectivity index (χ3v) is 4.56. The Labute approximate surface area is 152 Å². The molecule has 0 atom stereocenters. The Kier molecular flexibility index (Phi) is 3.22. The fraction of sp³-hybridized carbons (Fsp3) is 0.0625. The van der Waals surface area contributed by atoms with Crippen molar-refractivity contribution in [1.29, 1.82) is 0 Å². The summed E-state index contributed by atoms with van der Waals surface area (Å²) in [5.41, 5.74) is 0.931. The molecule has 1 aliphatic rings. The molecule has 1 aliphatic heterocycles. The van der Waals surface area contributed by atoms with Gasteiger partial charge in [-0.05, 0) is 12.1 Å². The summed E-state index contributed by atoms with van der Waals surface area (Å²) in [7, 11) is 0. The van der Waals surface area contributed by atoms with Gasteiger partial charge in [0.25, 0.3) is 5.91 Å². The van der Waals surface area contributed by atoms with Crippen molar-refractivity contribution in [2.24, 2.45) is 0 Å². The molecule has 5 rings (SSSR count). The molecule has 2 N–H and O–H groups in total. The number of rotatable bonds is 3. The van der Waals surface area contributed by atoms with Crippen LogP contribution in [0.5, 0.6) is 11.5 Å². The van der Waals surface area contributed by atoms with E-state index in [1.165, 1.54) is 29.7 Å². The molecule has 0 spiro atoms. The lowest BCUT2D eigenvalue weighted by atomic mass is 10.3. The van der Waals surface area contributed by atoms with Crippen LogP contribution >= 0.6 is 11.3 Å². The molecule has 4 heterocycles. The maximum atomic E-state index is 13.1. The van der Waals surface area contributed by atoms with Gasteiger partial charge in [-0.25, -0.2) is 9.97 Å². The minimum absolute atomic E-state index is 0.114. The number of thiazole rings is 1. The highest BCUT2D eigenvalue weighted by molar-refractivity contribution is 7.13. The van der Waals surface area contributed by atoms with E-state index in [1.54, 1.807) is 17.5 Å². The van der Waals surface area contributed by atoms with Crippen LogP contribution in [-0.2, 0) is 0 Å². The Morgan fingerprint density at radius 2 is 2.04 bits per heavy atom. The van der Waals surface area contributed by atoms with Crippen molar-refractivity contribution in [2.45, 2.75) is 6.29 Å². The lowest BCUT2D eigenvalue weighted by Crippen LogP contribution is -2.25. The van der Waals surface area contributed by atoms with Gasteiger partial charge in [0.15, 0.2) is 22.3 Å². The van der Waals surface area contributed by atoms with Crippen LogP contribution in [0.3, 0.4) is 0 Å². The van der Waals surface area contributed by atoms with Crippen molar-refractivity contribution in [1.82, 2.24) is 15.0 Å². The number of furan rings is 1. The smallest absolute Gasteiger partial charge is 0.462 e. The van der Waals surface area contributed by atoms with Crippen LogP contribution in [0, 0.1) is 0 Å². The predicted octanol–water partition coefficient (Wildman–Crippen LogP) is 3.85. The summed E-state index contributed by atoms with van der Waals surface area (Å²) in [6.07, 6.45) is -2.18. The molecule has 0 bridgehead atoms. The minimum Gasteiger partial charge on any atom is -0.462 e. The van der Waals surface area contributed by atoms with Gasteiger partial charge in [-0.15, -0.1) is 20.1 Å². The third-order valence-electron chi connectivity index (χ3n) is 3.71. The van der Waals surface area contributed by atoms with Crippen molar-refractivity contribution in [2.75, 3.05) is 5.32 Å². The summed E-state index contributed by atoms with van der Waals surface area (Å²) in [5.74, 6) is -0.0159. The van der Waals surface area contributed by atoms with Gasteiger partial charge in [0.2, 0.25) is 5.95 Å². The fourth-order valence-corrected chi connectivity index (χ4v) is 3.34. The van der Waals surface area contributed by atoms with Crippen molar-refractivity contribution in [3.05, 3.63) is 41.6 Å². The van der Waals surface area contributed by atoms with Crippen LogP contribution in [0.15, 0.2) is 40.3 Å². The van der Waals surface area contributed by atoms with Crippen LogP contribution < -0.4 is 14.8 Å². The lowest BCUT2D eigenvalue weighted by Gasteiger charge is -2.04. The van der Waals surface area contributed by atoms with E-state index in [4.69, 9.17) is 4.42 Å². The maximum Gasteiger partial charge on any atom is 0.586 e. The van der Waals surface area contributed by atoms with Crippen LogP contribution in [0.25, 0.3) is 21.8 Å². The molecule has 0 aliphatic carbocycles. The number of nitrogens with one attached hydrogen (secondary N) is 2. The van der Waals surface area contributed by atoms with Gasteiger partial charge in [-0.1, -0.05) is 0 Å². The number of halogens is 2. The standard InChI is InChI=1S/C16H8F2N4O4S/c17-16(18)25-11-4-7-8(5-12(11)26-16)21-15(20-7)22-13(23)9-6-27-14(19-9)10-2-1-3-24-10/h1-6H,(H2,20,21,22,23). The number of carbonyl (C=O) groups is 1. The van der Waals surface area contributed by atoms with Gasteiger partial charge in [0, 0.05) is 17.5 Å². The number of anilines is 1. The minimum atomic E-state index is -3.70. The second-order valence-corrected chi connectivity index (χ2v) is 6.40. The fourth-order valence-electron chi connectivity index (χ4n) is 2.58. The topological polar surface area (TPSA) is 102 Å². The van der Waals surface area contributed by atoms with E-state index >= 15 is 0 Å². The summed E-state index contributed by atoms with van der Waals surface area (Å²) in [6.45, 7) is 0. The molecule has 0 fully saturated rings. The molecule has 3 aromatic heterocycles. The molecule has 0 saturated carbocycles. The molecular formula is C16H8F2N4O4S. The van der Waals surface area contributed by atoms with Crippen LogP contribution in [0.4, 0.5) is 14.7 Å². The molecule has 0 saturated heterocycles. The molecule has 0 unspecified atom stereocenters. The first-order valence-corrected chi connectivity index (χ1v) is 8.45. The first-order valence-electron chi connectivity index (χ1n) is 7.57. The summed E-state index contributed by atoms with van der Waals surface area (Å²) in [5, 5.41) is 4.74. The quantitative estimate of drug-likeness (QED) is 0.551. The zero-order chi connectivity index (χ0) is 18.6.